The van der Waals surface area contributed by atoms with Gasteiger partial charge in [0.2, 0.25) is 0 Å². The summed E-state index contributed by atoms with van der Waals surface area (Å²) >= 11 is 0. The van der Waals surface area contributed by atoms with E-state index < -0.39 is 0 Å². The van der Waals surface area contributed by atoms with Gasteiger partial charge in [0.15, 0.2) is 0 Å². The minimum absolute atomic E-state index is 0.854. The highest BCUT2D eigenvalue weighted by molar-refractivity contribution is 5.68. The SMILES string of the molecule is COc1ccc(-c2cc(-c3cccc(C)c3)n[nH]2)cc1. The molecule has 0 fully saturated rings. The number of nitrogens with one attached hydrogen (secondary N) is 1. The molecule has 0 saturated carbocycles. The Hall–Kier alpha value is -2.55. The van der Waals surface area contributed by atoms with E-state index in [1.165, 1.54) is 5.56 Å². The lowest BCUT2D eigenvalue weighted by Crippen LogP contribution is -1.82. The molecule has 0 atom stereocenters. The number of benzene rings is 2. The van der Waals surface area contributed by atoms with E-state index in [0.717, 1.165) is 28.3 Å². The first kappa shape index (κ1) is 12.5. The number of nitrogens with zero attached hydrogens (tertiary/aromatic N) is 1. The standard InChI is InChI=1S/C17H16N2O/c1-12-4-3-5-14(10-12)17-11-16(18-19-17)13-6-8-15(20-2)9-7-13/h3-11H,1-2H3,(H,18,19). The van der Waals surface area contributed by atoms with Crippen molar-refractivity contribution in [2.24, 2.45) is 0 Å². The summed E-state index contributed by atoms with van der Waals surface area (Å²) in [5, 5.41) is 7.48. The topological polar surface area (TPSA) is 37.9 Å². The summed E-state index contributed by atoms with van der Waals surface area (Å²) < 4.78 is 5.17. The summed E-state index contributed by atoms with van der Waals surface area (Å²) in [6, 6.07) is 18.3. The van der Waals surface area contributed by atoms with Gasteiger partial charge in [0.05, 0.1) is 18.5 Å². The van der Waals surface area contributed by atoms with Crippen LogP contribution in [0.3, 0.4) is 0 Å². The maximum atomic E-state index is 5.17. The first-order valence-corrected chi connectivity index (χ1v) is 6.53. The fourth-order valence-electron chi connectivity index (χ4n) is 2.19. The van der Waals surface area contributed by atoms with Gasteiger partial charge in [0.25, 0.3) is 0 Å². The molecule has 3 aromatic rings. The van der Waals surface area contributed by atoms with Crippen LogP contribution < -0.4 is 4.74 Å². The molecule has 0 saturated heterocycles. The highest BCUT2D eigenvalue weighted by Crippen LogP contribution is 2.25. The molecule has 2 aromatic carbocycles. The molecule has 1 N–H and O–H groups in total. The Bertz CT molecular complexity index is 714. The van der Waals surface area contributed by atoms with E-state index >= 15 is 0 Å². The second kappa shape index (κ2) is 5.21. The van der Waals surface area contributed by atoms with E-state index in [9.17, 15) is 0 Å². The number of ether oxygens (including phenoxy) is 1. The van der Waals surface area contributed by atoms with Crippen molar-refractivity contribution in [2.45, 2.75) is 6.92 Å². The molecule has 1 heterocycles. The zero-order valence-corrected chi connectivity index (χ0v) is 11.6. The molecule has 1 aromatic heterocycles. The Morgan fingerprint density at radius 3 is 2.45 bits per heavy atom. The summed E-state index contributed by atoms with van der Waals surface area (Å²) in [6.07, 6.45) is 0. The van der Waals surface area contributed by atoms with Crippen LogP contribution >= 0.6 is 0 Å². The normalized spacial score (nSPS) is 10.5. The van der Waals surface area contributed by atoms with Crippen LogP contribution in [-0.2, 0) is 0 Å². The molecule has 0 spiro atoms. The average molecular weight is 264 g/mol. The van der Waals surface area contributed by atoms with E-state index in [0.29, 0.717) is 0 Å². The zero-order chi connectivity index (χ0) is 13.9. The van der Waals surface area contributed by atoms with Gasteiger partial charge in [0, 0.05) is 5.56 Å². The molecular formula is C17H16N2O. The largest absolute Gasteiger partial charge is 0.497 e. The number of hydrogen-bond donors (Lipinski definition) is 1. The number of hydrogen-bond acceptors (Lipinski definition) is 2. The van der Waals surface area contributed by atoms with E-state index in [-0.39, 0.29) is 0 Å². The minimum Gasteiger partial charge on any atom is -0.497 e. The second-order valence-corrected chi connectivity index (χ2v) is 4.76. The lowest BCUT2D eigenvalue weighted by molar-refractivity contribution is 0.415. The summed E-state index contributed by atoms with van der Waals surface area (Å²) in [5.41, 5.74) is 5.42. The van der Waals surface area contributed by atoms with Crippen molar-refractivity contribution >= 4 is 0 Å². The van der Waals surface area contributed by atoms with Gasteiger partial charge >= 0.3 is 0 Å². The highest BCUT2D eigenvalue weighted by Gasteiger charge is 2.06. The number of rotatable bonds is 3. The smallest absolute Gasteiger partial charge is 0.118 e. The third kappa shape index (κ3) is 2.43. The van der Waals surface area contributed by atoms with Crippen LogP contribution in [0.2, 0.25) is 0 Å². The monoisotopic (exact) mass is 264 g/mol. The van der Waals surface area contributed by atoms with E-state index in [2.05, 4.69) is 41.4 Å². The summed E-state index contributed by atoms with van der Waals surface area (Å²) in [7, 11) is 1.67. The number of aryl methyl sites for hydroxylation is 1. The Labute approximate surface area is 118 Å². The average Bonchev–Trinajstić information content (AvgIpc) is 2.97. The predicted octanol–water partition coefficient (Wildman–Crippen LogP) is 4.06. The molecule has 0 aliphatic carbocycles. The van der Waals surface area contributed by atoms with Gasteiger partial charge < -0.3 is 4.74 Å². The zero-order valence-electron chi connectivity index (χ0n) is 11.6. The fourth-order valence-corrected chi connectivity index (χ4v) is 2.19. The molecule has 0 unspecified atom stereocenters. The van der Waals surface area contributed by atoms with Crippen molar-refractivity contribution in [3.8, 4) is 28.3 Å². The first-order valence-electron chi connectivity index (χ1n) is 6.53. The predicted molar refractivity (Wildman–Crippen MR) is 80.7 cm³/mol. The molecule has 0 aliphatic heterocycles. The van der Waals surface area contributed by atoms with Gasteiger partial charge in [-0.1, -0.05) is 23.8 Å². The molecule has 3 rings (SSSR count). The third-order valence-electron chi connectivity index (χ3n) is 3.29. The molecule has 0 radical (unpaired) electrons. The molecular weight excluding hydrogens is 248 g/mol. The maximum Gasteiger partial charge on any atom is 0.118 e. The Balaban J connectivity index is 1.93. The molecule has 0 aliphatic rings. The molecule has 20 heavy (non-hydrogen) atoms. The molecule has 0 bridgehead atoms. The van der Waals surface area contributed by atoms with Crippen LogP contribution in [0.25, 0.3) is 22.5 Å². The highest BCUT2D eigenvalue weighted by atomic mass is 16.5. The number of methoxy groups -OCH3 is 1. The van der Waals surface area contributed by atoms with Gasteiger partial charge in [-0.05, 0) is 48.9 Å². The van der Waals surface area contributed by atoms with Crippen LogP contribution in [0.1, 0.15) is 5.56 Å². The number of aromatic amines is 1. The van der Waals surface area contributed by atoms with Crippen molar-refractivity contribution in [3.63, 3.8) is 0 Å². The summed E-state index contributed by atoms with van der Waals surface area (Å²) in [4.78, 5) is 0. The van der Waals surface area contributed by atoms with E-state index in [1.54, 1.807) is 7.11 Å². The minimum atomic E-state index is 0.854. The van der Waals surface area contributed by atoms with Gasteiger partial charge in [-0.15, -0.1) is 0 Å². The molecule has 0 amide bonds. The van der Waals surface area contributed by atoms with Crippen molar-refractivity contribution in [2.75, 3.05) is 7.11 Å². The molecule has 100 valence electrons. The second-order valence-electron chi connectivity index (χ2n) is 4.76. The van der Waals surface area contributed by atoms with E-state index in [1.807, 2.05) is 30.3 Å². The van der Waals surface area contributed by atoms with Crippen molar-refractivity contribution < 1.29 is 4.74 Å². The van der Waals surface area contributed by atoms with Gasteiger partial charge in [-0.25, -0.2) is 0 Å². The van der Waals surface area contributed by atoms with E-state index in [4.69, 9.17) is 4.74 Å². The Morgan fingerprint density at radius 1 is 0.950 bits per heavy atom. The first-order chi connectivity index (χ1) is 9.76. The van der Waals surface area contributed by atoms with Gasteiger partial charge in [-0.2, -0.15) is 5.10 Å². The summed E-state index contributed by atoms with van der Waals surface area (Å²) in [5.74, 6) is 0.854. The van der Waals surface area contributed by atoms with Crippen LogP contribution in [0, 0.1) is 6.92 Å². The third-order valence-corrected chi connectivity index (χ3v) is 3.29. The van der Waals surface area contributed by atoms with Gasteiger partial charge in [-0.3, -0.25) is 5.10 Å². The fraction of sp³-hybridized carbons (Fsp3) is 0.118. The van der Waals surface area contributed by atoms with Crippen molar-refractivity contribution in [1.82, 2.24) is 10.2 Å². The number of aromatic nitrogens is 2. The number of H-pyrrole nitrogens is 1. The lowest BCUT2D eigenvalue weighted by atomic mass is 10.1. The van der Waals surface area contributed by atoms with Crippen LogP contribution in [0.15, 0.2) is 54.6 Å². The van der Waals surface area contributed by atoms with Crippen LogP contribution in [0.4, 0.5) is 0 Å². The maximum absolute atomic E-state index is 5.17. The lowest BCUT2D eigenvalue weighted by Gasteiger charge is -2.00. The Morgan fingerprint density at radius 2 is 1.75 bits per heavy atom. The Kier molecular flexibility index (Phi) is 3.25. The van der Waals surface area contributed by atoms with Gasteiger partial charge in [0.1, 0.15) is 5.75 Å². The van der Waals surface area contributed by atoms with Crippen molar-refractivity contribution in [3.05, 3.63) is 60.2 Å². The molecule has 3 nitrogen and oxygen atoms in total. The summed E-state index contributed by atoms with van der Waals surface area (Å²) in [6.45, 7) is 2.08. The van der Waals surface area contributed by atoms with Crippen molar-refractivity contribution in [1.29, 1.82) is 0 Å². The quantitative estimate of drug-likeness (QED) is 0.774. The van der Waals surface area contributed by atoms with Crippen LogP contribution in [0.5, 0.6) is 5.75 Å². The van der Waals surface area contributed by atoms with Crippen LogP contribution in [-0.4, -0.2) is 17.3 Å². The molecule has 3 heteroatoms.